The van der Waals surface area contributed by atoms with Crippen molar-refractivity contribution in [2.45, 2.75) is 23.8 Å². The fourth-order valence-electron chi connectivity index (χ4n) is 2.48. The van der Waals surface area contributed by atoms with Crippen LogP contribution < -0.4 is 4.72 Å². The van der Waals surface area contributed by atoms with Gasteiger partial charge in [0.25, 0.3) is 0 Å². The number of sulfonamides is 1. The predicted molar refractivity (Wildman–Crippen MR) is 88.4 cm³/mol. The monoisotopic (exact) mass is 346 g/mol. The van der Waals surface area contributed by atoms with Crippen LogP contribution in [0.3, 0.4) is 0 Å². The van der Waals surface area contributed by atoms with Gasteiger partial charge in [-0.3, -0.25) is 0 Å². The molecule has 23 heavy (non-hydrogen) atoms. The smallest absolute Gasteiger partial charge is 0.207 e. The number of nitrogens with zero attached hydrogens (tertiary/aromatic N) is 1. The molecule has 1 atom stereocenters. The van der Waals surface area contributed by atoms with Gasteiger partial charge in [-0.2, -0.15) is 5.26 Å². The molecule has 2 aromatic rings. The highest BCUT2D eigenvalue weighted by atomic mass is 35.5. The number of hydrogen-bond acceptors (Lipinski definition) is 3. The second kappa shape index (κ2) is 6.32. The summed E-state index contributed by atoms with van der Waals surface area (Å²) < 4.78 is 28.0. The molecule has 0 amide bonds. The van der Waals surface area contributed by atoms with Gasteiger partial charge in [0.05, 0.1) is 16.5 Å². The molecule has 0 aliphatic heterocycles. The Morgan fingerprint density at radius 2 is 1.70 bits per heavy atom. The Hall–Kier alpha value is -1.87. The average Bonchev–Trinajstić information content (AvgIpc) is 3.38. The molecule has 2 aromatic carbocycles. The van der Waals surface area contributed by atoms with E-state index >= 15 is 0 Å². The average molecular weight is 347 g/mol. The van der Waals surface area contributed by atoms with E-state index in [1.807, 2.05) is 18.2 Å². The number of halogens is 1. The molecule has 1 saturated carbocycles. The van der Waals surface area contributed by atoms with E-state index in [1.54, 1.807) is 12.1 Å². The van der Waals surface area contributed by atoms with Gasteiger partial charge in [0.2, 0.25) is 10.0 Å². The van der Waals surface area contributed by atoms with Crippen molar-refractivity contribution in [2.75, 3.05) is 0 Å². The standard InChI is InChI=1S/C17H15ClN2O2S/c18-15-7-5-14(6-8-15)17(13-3-4-13)20-23(21,22)16-9-1-12(11-19)2-10-16/h1-2,5-10,13,17,20H,3-4H2/t17-/m1/s1. The fourth-order valence-corrected chi connectivity index (χ4v) is 3.90. The predicted octanol–water partition coefficient (Wildman–Crippen LogP) is 3.64. The first kappa shape index (κ1) is 16.0. The highest BCUT2D eigenvalue weighted by Gasteiger charge is 2.35. The van der Waals surface area contributed by atoms with Crippen LogP contribution in [0.1, 0.15) is 30.0 Å². The molecule has 0 saturated heterocycles. The highest BCUT2D eigenvalue weighted by Crippen LogP contribution is 2.42. The number of nitrogens with one attached hydrogen (secondary N) is 1. The third kappa shape index (κ3) is 3.73. The summed E-state index contributed by atoms with van der Waals surface area (Å²) >= 11 is 5.90. The lowest BCUT2D eigenvalue weighted by Gasteiger charge is -2.19. The molecule has 0 radical (unpaired) electrons. The Morgan fingerprint density at radius 1 is 1.09 bits per heavy atom. The number of hydrogen-bond donors (Lipinski definition) is 1. The van der Waals surface area contributed by atoms with Gasteiger partial charge >= 0.3 is 0 Å². The number of rotatable bonds is 5. The number of nitriles is 1. The maximum atomic E-state index is 12.6. The molecular formula is C17H15ClN2O2S. The quantitative estimate of drug-likeness (QED) is 0.898. The van der Waals surface area contributed by atoms with E-state index in [0.29, 0.717) is 16.5 Å². The second-order valence-corrected chi connectivity index (χ2v) is 7.77. The first-order valence-electron chi connectivity index (χ1n) is 7.27. The zero-order valence-corrected chi connectivity index (χ0v) is 13.8. The minimum atomic E-state index is -3.64. The van der Waals surface area contributed by atoms with Crippen LogP contribution in [0.2, 0.25) is 5.02 Å². The molecule has 6 heteroatoms. The van der Waals surface area contributed by atoms with Crippen molar-refractivity contribution in [3.05, 3.63) is 64.7 Å². The maximum absolute atomic E-state index is 12.6. The van der Waals surface area contributed by atoms with Crippen molar-refractivity contribution in [3.63, 3.8) is 0 Å². The van der Waals surface area contributed by atoms with Crippen molar-refractivity contribution in [3.8, 4) is 6.07 Å². The van der Waals surface area contributed by atoms with Crippen LogP contribution in [0.4, 0.5) is 0 Å². The number of benzene rings is 2. The molecule has 1 aliphatic carbocycles. The molecular weight excluding hydrogens is 332 g/mol. The minimum absolute atomic E-state index is 0.163. The second-order valence-electron chi connectivity index (χ2n) is 5.62. The summed E-state index contributed by atoms with van der Waals surface area (Å²) in [6.45, 7) is 0. The van der Waals surface area contributed by atoms with E-state index in [-0.39, 0.29) is 10.9 Å². The van der Waals surface area contributed by atoms with Gasteiger partial charge in [-0.1, -0.05) is 23.7 Å². The van der Waals surface area contributed by atoms with Gasteiger partial charge in [-0.25, -0.2) is 13.1 Å². The summed E-state index contributed by atoms with van der Waals surface area (Å²) in [5.41, 5.74) is 1.34. The van der Waals surface area contributed by atoms with Crippen molar-refractivity contribution in [1.29, 1.82) is 5.26 Å². The lowest BCUT2D eigenvalue weighted by molar-refractivity contribution is 0.529. The summed E-state index contributed by atoms with van der Waals surface area (Å²) in [6.07, 6.45) is 2.01. The molecule has 0 unspecified atom stereocenters. The Bertz CT molecular complexity index is 836. The summed E-state index contributed by atoms with van der Waals surface area (Å²) in [5.74, 6) is 0.310. The summed E-state index contributed by atoms with van der Waals surface area (Å²) in [5, 5.41) is 9.43. The highest BCUT2D eigenvalue weighted by molar-refractivity contribution is 7.89. The normalized spacial score (nSPS) is 15.8. The van der Waals surface area contributed by atoms with E-state index in [2.05, 4.69) is 4.72 Å². The van der Waals surface area contributed by atoms with Gasteiger partial charge < -0.3 is 0 Å². The maximum Gasteiger partial charge on any atom is 0.241 e. The van der Waals surface area contributed by atoms with E-state index in [4.69, 9.17) is 16.9 Å². The van der Waals surface area contributed by atoms with Gasteiger partial charge in [-0.05, 0) is 60.7 Å². The van der Waals surface area contributed by atoms with Crippen LogP contribution in [0.25, 0.3) is 0 Å². The molecule has 1 N–H and O–H groups in total. The van der Waals surface area contributed by atoms with Gasteiger partial charge in [0.1, 0.15) is 0 Å². The van der Waals surface area contributed by atoms with E-state index in [9.17, 15) is 8.42 Å². The Morgan fingerprint density at radius 3 is 2.22 bits per heavy atom. The third-order valence-electron chi connectivity index (χ3n) is 3.90. The molecule has 118 valence electrons. The lowest BCUT2D eigenvalue weighted by Crippen LogP contribution is -2.30. The van der Waals surface area contributed by atoms with Crippen LogP contribution in [0.5, 0.6) is 0 Å². The summed E-state index contributed by atoms with van der Waals surface area (Å²) in [7, 11) is -3.64. The molecule has 4 nitrogen and oxygen atoms in total. The molecule has 0 aromatic heterocycles. The fraction of sp³-hybridized carbons (Fsp3) is 0.235. The minimum Gasteiger partial charge on any atom is -0.207 e. The van der Waals surface area contributed by atoms with Crippen molar-refractivity contribution >= 4 is 21.6 Å². The van der Waals surface area contributed by atoms with E-state index in [1.165, 1.54) is 24.3 Å². The molecule has 3 rings (SSSR count). The first-order chi connectivity index (χ1) is 11.0. The topological polar surface area (TPSA) is 70.0 Å². The van der Waals surface area contributed by atoms with E-state index < -0.39 is 10.0 Å². The van der Waals surface area contributed by atoms with Gasteiger partial charge in [0.15, 0.2) is 0 Å². The van der Waals surface area contributed by atoms with Crippen molar-refractivity contribution in [2.24, 2.45) is 5.92 Å². The molecule has 0 heterocycles. The van der Waals surface area contributed by atoms with Crippen LogP contribution >= 0.6 is 11.6 Å². The molecule has 0 bridgehead atoms. The van der Waals surface area contributed by atoms with Crippen LogP contribution in [-0.4, -0.2) is 8.42 Å². The Labute approximate surface area is 140 Å². The zero-order chi connectivity index (χ0) is 16.4. The molecule has 0 spiro atoms. The van der Waals surface area contributed by atoms with Crippen molar-refractivity contribution < 1.29 is 8.42 Å². The Balaban J connectivity index is 1.87. The van der Waals surface area contributed by atoms with Gasteiger partial charge in [0, 0.05) is 11.1 Å². The molecule has 1 fully saturated rings. The Kier molecular flexibility index (Phi) is 4.40. The van der Waals surface area contributed by atoms with Crippen molar-refractivity contribution in [1.82, 2.24) is 4.72 Å². The van der Waals surface area contributed by atoms with Crippen LogP contribution in [-0.2, 0) is 10.0 Å². The summed E-state index contributed by atoms with van der Waals surface area (Å²) in [4.78, 5) is 0.163. The molecule has 1 aliphatic rings. The zero-order valence-electron chi connectivity index (χ0n) is 12.2. The summed E-state index contributed by atoms with van der Waals surface area (Å²) in [6, 6.07) is 14.9. The largest absolute Gasteiger partial charge is 0.241 e. The van der Waals surface area contributed by atoms with Crippen LogP contribution in [0.15, 0.2) is 53.4 Å². The lowest BCUT2D eigenvalue weighted by atomic mass is 10.0. The third-order valence-corrected chi connectivity index (χ3v) is 5.61. The van der Waals surface area contributed by atoms with Crippen LogP contribution in [0, 0.1) is 17.2 Å². The van der Waals surface area contributed by atoms with Gasteiger partial charge in [-0.15, -0.1) is 0 Å². The SMILES string of the molecule is N#Cc1ccc(S(=O)(=O)N[C@@H](c2ccc(Cl)cc2)C2CC2)cc1. The first-order valence-corrected chi connectivity index (χ1v) is 9.14. The van der Waals surface area contributed by atoms with E-state index in [0.717, 1.165) is 18.4 Å².